The molecule has 0 saturated carbocycles. The Bertz CT molecular complexity index is 182. The molecule has 0 bridgehead atoms. The molecule has 13 heavy (non-hydrogen) atoms. The Labute approximate surface area is 80.1 Å². The first kappa shape index (κ1) is 10.7. The lowest BCUT2D eigenvalue weighted by Crippen LogP contribution is -2.50. The Hall–Kier alpha value is -0.410. The quantitative estimate of drug-likeness (QED) is 0.659. The summed E-state index contributed by atoms with van der Waals surface area (Å²) in [4.78, 5) is 13.5. The summed E-state index contributed by atoms with van der Waals surface area (Å²) in [7, 11) is 0. The lowest BCUT2D eigenvalue weighted by molar-refractivity contribution is -0.123. The standard InChI is InChI=1S/C10H19NO2/c1-4-10(12)7-11-5-6-13-9(3)8(11)2/h8-9H,4-7H2,1-3H3. The van der Waals surface area contributed by atoms with E-state index in [0.29, 0.717) is 24.8 Å². The maximum atomic E-state index is 11.2. The van der Waals surface area contributed by atoms with E-state index < -0.39 is 0 Å². The van der Waals surface area contributed by atoms with Crippen molar-refractivity contribution < 1.29 is 9.53 Å². The van der Waals surface area contributed by atoms with Crippen molar-refractivity contribution in [1.29, 1.82) is 0 Å². The number of morpholine rings is 1. The zero-order valence-electron chi connectivity index (χ0n) is 8.75. The molecule has 0 aromatic rings. The van der Waals surface area contributed by atoms with Gasteiger partial charge < -0.3 is 4.74 Å². The summed E-state index contributed by atoms with van der Waals surface area (Å²) in [6.07, 6.45) is 0.886. The third-order valence-electron chi connectivity index (χ3n) is 2.79. The van der Waals surface area contributed by atoms with Crippen molar-refractivity contribution in [1.82, 2.24) is 4.90 Å². The fourth-order valence-corrected chi connectivity index (χ4v) is 1.56. The first-order valence-corrected chi connectivity index (χ1v) is 5.02. The second-order valence-electron chi connectivity index (χ2n) is 3.68. The molecule has 1 rings (SSSR count). The first-order valence-electron chi connectivity index (χ1n) is 5.02. The van der Waals surface area contributed by atoms with E-state index in [9.17, 15) is 4.79 Å². The summed E-state index contributed by atoms with van der Waals surface area (Å²) in [5, 5.41) is 0. The van der Waals surface area contributed by atoms with Gasteiger partial charge in [0, 0.05) is 19.0 Å². The molecule has 1 fully saturated rings. The van der Waals surface area contributed by atoms with Crippen molar-refractivity contribution in [3.8, 4) is 0 Å². The van der Waals surface area contributed by atoms with Crippen LogP contribution in [0.25, 0.3) is 0 Å². The number of ketones is 1. The van der Waals surface area contributed by atoms with Gasteiger partial charge >= 0.3 is 0 Å². The fourth-order valence-electron chi connectivity index (χ4n) is 1.56. The molecule has 1 aliphatic heterocycles. The average Bonchev–Trinajstić information content (AvgIpc) is 2.13. The van der Waals surface area contributed by atoms with Crippen LogP contribution in [-0.4, -0.2) is 42.5 Å². The number of nitrogens with zero attached hydrogens (tertiary/aromatic N) is 1. The van der Waals surface area contributed by atoms with Crippen molar-refractivity contribution >= 4 is 5.78 Å². The maximum absolute atomic E-state index is 11.2. The smallest absolute Gasteiger partial charge is 0.146 e. The van der Waals surface area contributed by atoms with Crippen LogP contribution in [0.1, 0.15) is 27.2 Å². The second-order valence-corrected chi connectivity index (χ2v) is 3.68. The average molecular weight is 185 g/mol. The van der Waals surface area contributed by atoms with Gasteiger partial charge in [0.05, 0.1) is 19.3 Å². The van der Waals surface area contributed by atoms with Gasteiger partial charge in [0.2, 0.25) is 0 Å². The van der Waals surface area contributed by atoms with Crippen LogP contribution in [0.4, 0.5) is 0 Å². The van der Waals surface area contributed by atoms with Gasteiger partial charge in [-0.25, -0.2) is 0 Å². The minimum Gasteiger partial charge on any atom is -0.376 e. The minimum atomic E-state index is 0.249. The Kier molecular flexibility index (Phi) is 3.88. The van der Waals surface area contributed by atoms with Gasteiger partial charge in [0.1, 0.15) is 5.78 Å². The van der Waals surface area contributed by atoms with Gasteiger partial charge in [0.15, 0.2) is 0 Å². The van der Waals surface area contributed by atoms with Crippen LogP contribution in [-0.2, 0) is 9.53 Å². The van der Waals surface area contributed by atoms with Crippen molar-refractivity contribution in [2.45, 2.75) is 39.3 Å². The SMILES string of the molecule is CCC(=O)CN1CCOC(C)C1C. The summed E-state index contributed by atoms with van der Waals surface area (Å²) in [5.41, 5.74) is 0. The van der Waals surface area contributed by atoms with Gasteiger partial charge in [-0.3, -0.25) is 9.69 Å². The summed E-state index contributed by atoms with van der Waals surface area (Å²) in [6, 6.07) is 0.365. The van der Waals surface area contributed by atoms with Crippen LogP contribution < -0.4 is 0 Å². The molecule has 0 aromatic heterocycles. The summed E-state index contributed by atoms with van der Waals surface area (Å²) in [5.74, 6) is 0.320. The molecule has 0 radical (unpaired) electrons. The van der Waals surface area contributed by atoms with E-state index in [2.05, 4.69) is 18.7 Å². The predicted octanol–water partition coefficient (Wildman–Crippen LogP) is 1.07. The molecule has 0 amide bonds. The molecule has 1 heterocycles. The second kappa shape index (κ2) is 4.72. The highest BCUT2D eigenvalue weighted by atomic mass is 16.5. The first-order chi connectivity index (χ1) is 6.15. The van der Waals surface area contributed by atoms with E-state index in [0.717, 1.165) is 13.2 Å². The van der Waals surface area contributed by atoms with Crippen LogP contribution >= 0.6 is 0 Å². The molecule has 3 nitrogen and oxygen atoms in total. The molecule has 2 unspecified atom stereocenters. The highest BCUT2D eigenvalue weighted by Crippen LogP contribution is 2.12. The lowest BCUT2D eigenvalue weighted by atomic mass is 10.1. The normalized spacial score (nSPS) is 30.4. The molecule has 1 aliphatic rings. The number of carbonyl (C=O) groups excluding carboxylic acids is 1. The predicted molar refractivity (Wildman–Crippen MR) is 51.7 cm³/mol. The Morgan fingerprint density at radius 3 is 2.85 bits per heavy atom. The molecule has 1 saturated heterocycles. The van der Waals surface area contributed by atoms with Crippen LogP contribution in [0.3, 0.4) is 0 Å². The van der Waals surface area contributed by atoms with Crippen LogP contribution in [0.2, 0.25) is 0 Å². The largest absolute Gasteiger partial charge is 0.376 e. The monoisotopic (exact) mass is 185 g/mol. The van der Waals surface area contributed by atoms with Gasteiger partial charge in [-0.1, -0.05) is 6.92 Å². The molecule has 0 spiro atoms. The van der Waals surface area contributed by atoms with Gasteiger partial charge in [0.25, 0.3) is 0 Å². The van der Waals surface area contributed by atoms with E-state index in [-0.39, 0.29) is 6.10 Å². The number of hydrogen-bond donors (Lipinski definition) is 0. The van der Waals surface area contributed by atoms with Crippen LogP contribution in [0.15, 0.2) is 0 Å². The van der Waals surface area contributed by atoms with Gasteiger partial charge in [-0.2, -0.15) is 0 Å². The summed E-state index contributed by atoms with van der Waals surface area (Å²) >= 11 is 0. The number of Topliss-reactive ketones (excluding diaryl/α,β-unsaturated/α-hetero) is 1. The number of hydrogen-bond acceptors (Lipinski definition) is 3. The highest BCUT2D eigenvalue weighted by Gasteiger charge is 2.25. The van der Waals surface area contributed by atoms with E-state index >= 15 is 0 Å². The van der Waals surface area contributed by atoms with Gasteiger partial charge in [-0.15, -0.1) is 0 Å². The Balaban J connectivity index is 2.43. The third kappa shape index (κ3) is 2.78. The van der Waals surface area contributed by atoms with Crippen LogP contribution in [0, 0.1) is 0 Å². The van der Waals surface area contributed by atoms with Crippen molar-refractivity contribution in [2.75, 3.05) is 19.7 Å². The highest BCUT2D eigenvalue weighted by molar-refractivity contribution is 5.80. The van der Waals surface area contributed by atoms with Crippen LogP contribution in [0.5, 0.6) is 0 Å². The molecular weight excluding hydrogens is 166 g/mol. The summed E-state index contributed by atoms with van der Waals surface area (Å²) < 4.78 is 5.48. The maximum Gasteiger partial charge on any atom is 0.146 e. The van der Waals surface area contributed by atoms with Crippen molar-refractivity contribution in [3.63, 3.8) is 0 Å². The lowest BCUT2D eigenvalue weighted by Gasteiger charge is -2.37. The molecule has 76 valence electrons. The zero-order valence-corrected chi connectivity index (χ0v) is 8.75. The zero-order chi connectivity index (χ0) is 9.84. The molecule has 3 heteroatoms. The Morgan fingerprint density at radius 2 is 2.23 bits per heavy atom. The van der Waals surface area contributed by atoms with Crippen molar-refractivity contribution in [2.24, 2.45) is 0 Å². The fraction of sp³-hybridized carbons (Fsp3) is 0.900. The van der Waals surface area contributed by atoms with E-state index in [1.165, 1.54) is 0 Å². The summed E-state index contributed by atoms with van der Waals surface area (Å²) in [6.45, 7) is 8.32. The van der Waals surface area contributed by atoms with E-state index in [1.54, 1.807) is 0 Å². The molecular formula is C10H19NO2. The van der Waals surface area contributed by atoms with Crippen molar-refractivity contribution in [3.05, 3.63) is 0 Å². The molecule has 2 atom stereocenters. The molecule has 0 aliphatic carbocycles. The third-order valence-corrected chi connectivity index (χ3v) is 2.79. The number of rotatable bonds is 3. The number of ether oxygens (including phenoxy) is 1. The van der Waals surface area contributed by atoms with E-state index in [1.807, 2.05) is 6.92 Å². The Morgan fingerprint density at radius 1 is 1.54 bits per heavy atom. The molecule has 0 aromatic carbocycles. The topological polar surface area (TPSA) is 29.5 Å². The number of carbonyl (C=O) groups is 1. The molecule has 0 N–H and O–H groups in total. The van der Waals surface area contributed by atoms with Gasteiger partial charge in [-0.05, 0) is 13.8 Å². The van der Waals surface area contributed by atoms with E-state index in [4.69, 9.17) is 4.74 Å². The minimum absolute atomic E-state index is 0.249.